The molecule has 16 heavy (non-hydrogen) atoms. The van der Waals surface area contributed by atoms with Crippen LogP contribution in [0.2, 0.25) is 0 Å². The zero-order valence-electron chi connectivity index (χ0n) is 8.58. The van der Waals surface area contributed by atoms with Crippen molar-refractivity contribution in [3.63, 3.8) is 0 Å². The molecule has 0 bridgehead atoms. The van der Waals surface area contributed by atoms with E-state index in [1.807, 2.05) is 0 Å². The molecule has 0 aliphatic heterocycles. The molecule has 6 nitrogen and oxygen atoms in total. The maximum atomic E-state index is 11.7. The number of rotatable bonds is 4. The predicted molar refractivity (Wildman–Crippen MR) is 55.8 cm³/mol. The van der Waals surface area contributed by atoms with Crippen LogP contribution in [-0.4, -0.2) is 31.2 Å². The SMILES string of the molecule is CC(CO)NS(=O)(=O)c1ccc(C#N)nc1. The first kappa shape index (κ1) is 12.6. The van der Waals surface area contributed by atoms with Gasteiger partial charge in [0.1, 0.15) is 16.7 Å². The van der Waals surface area contributed by atoms with Gasteiger partial charge in [-0.3, -0.25) is 0 Å². The van der Waals surface area contributed by atoms with E-state index in [1.54, 1.807) is 6.07 Å². The van der Waals surface area contributed by atoms with Crippen LogP contribution in [-0.2, 0) is 10.0 Å². The molecule has 7 heteroatoms. The summed E-state index contributed by atoms with van der Waals surface area (Å²) in [7, 11) is -3.68. The number of nitrogens with zero attached hydrogens (tertiary/aromatic N) is 2. The predicted octanol–water partition coefficient (Wildman–Crippen LogP) is -0.388. The lowest BCUT2D eigenvalue weighted by molar-refractivity contribution is 0.265. The average Bonchev–Trinajstić information content (AvgIpc) is 2.28. The Morgan fingerprint density at radius 1 is 1.62 bits per heavy atom. The van der Waals surface area contributed by atoms with Crippen molar-refractivity contribution in [2.24, 2.45) is 0 Å². The van der Waals surface area contributed by atoms with Crippen LogP contribution in [0.4, 0.5) is 0 Å². The molecule has 0 aromatic carbocycles. The van der Waals surface area contributed by atoms with Gasteiger partial charge in [0.15, 0.2) is 0 Å². The molecule has 1 unspecified atom stereocenters. The molecule has 1 heterocycles. The van der Waals surface area contributed by atoms with Crippen LogP contribution >= 0.6 is 0 Å². The Labute approximate surface area is 93.6 Å². The van der Waals surface area contributed by atoms with Crippen molar-refractivity contribution in [2.45, 2.75) is 17.9 Å². The van der Waals surface area contributed by atoms with Crippen molar-refractivity contribution in [2.75, 3.05) is 6.61 Å². The summed E-state index contributed by atoms with van der Waals surface area (Å²) in [6.07, 6.45) is 1.10. The van der Waals surface area contributed by atoms with Crippen molar-refractivity contribution in [3.8, 4) is 6.07 Å². The molecule has 0 saturated heterocycles. The molecular formula is C9H11N3O3S. The van der Waals surface area contributed by atoms with Gasteiger partial charge < -0.3 is 5.11 Å². The minimum absolute atomic E-state index is 0.0354. The molecular weight excluding hydrogens is 230 g/mol. The second-order valence-electron chi connectivity index (χ2n) is 3.20. The Morgan fingerprint density at radius 3 is 2.75 bits per heavy atom. The van der Waals surface area contributed by atoms with Gasteiger partial charge in [-0.05, 0) is 19.1 Å². The van der Waals surface area contributed by atoms with Gasteiger partial charge in [0.2, 0.25) is 10.0 Å². The van der Waals surface area contributed by atoms with E-state index >= 15 is 0 Å². The van der Waals surface area contributed by atoms with Crippen molar-refractivity contribution < 1.29 is 13.5 Å². The summed E-state index contributed by atoms with van der Waals surface area (Å²) < 4.78 is 25.6. The number of aromatic nitrogens is 1. The topological polar surface area (TPSA) is 103 Å². The Balaban J connectivity index is 2.95. The van der Waals surface area contributed by atoms with Crippen molar-refractivity contribution in [3.05, 3.63) is 24.0 Å². The van der Waals surface area contributed by atoms with Gasteiger partial charge in [-0.2, -0.15) is 5.26 Å². The Hall–Kier alpha value is -1.49. The third-order valence-electron chi connectivity index (χ3n) is 1.79. The van der Waals surface area contributed by atoms with E-state index in [0.29, 0.717) is 0 Å². The van der Waals surface area contributed by atoms with Gasteiger partial charge >= 0.3 is 0 Å². The zero-order chi connectivity index (χ0) is 12.2. The highest BCUT2D eigenvalue weighted by atomic mass is 32.2. The van der Waals surface area contributed by atoms with E-state index in [0.717, 1.165) is 6.20 Å². The average molecular weight is 241 g/mol. The van der Waals surface area contributed by atoms with Gasteiger partial charge in [-0.25, -0.2) is 18.1 Å². The van der Waals surface area contributed by atoms with Crippen LogP contribution in [0.5, 0.6) is 0 Å². The van der Waals surface area contributed by atoms with E-state index in [4.69, 9.17) is 10.4 Å². The van der Waals surface area contributed by atoms with Crippen LogP contribution in [0.15, 0.2) is 23.2 Å². The van der Waals surface area contributed by atoms with Crippen LogP contribution < -0.4 is 4.72 Å². The second-order valence-corrected chi connectivity index (χ2v) is 4.91. The number of aliphatic hydroxyl groups is 1. The fourth-order valence-electron chi connectivity index (χ4n) is 0.976. The van der Waals surface area contributed by atoms with Crippen molar-refractivity contribution in [1.82, 2.24) is 9.71 Å². The number of sulfonamides is 1. The minimum atomic E-state index is -3.68. The summed E-state index contributed by atoms with van der Waals surface area (Å²) in [6.45, 7) is 1.25. The first-order valence-corrected chi connectivity index (χ1v) is 5.97. The molecule has 0 spiro atoms. The van der Waals surface area contributed by atoms with Crippen molar-refractivity contribution in [1.29, 1.82) is 5.26 Å². The molecule has 1 atom stereocenters. The van der Waals surface area contributed by atoms with Crippen LogP contribution in [0.3, 0.4) is 0 Å². The highest BCUT2D eigenvalue weighted by Gasteiger charge is 2.16. The molecule has 0 aliphatic rings. The number of nitriles is 1. The largest absolute Gasteiger partial charge is 0.395 e. The molecule has 0 saturated carbocycles. The van der Waals surface area contributed by atoms with E-state index in [1.165, 1.54) is 19.1 Å². The van der Waals surface area contributed by atoms with E-state index < -0.39 is 16.1 Å². The normalized spacial score (nSPS) is 13.1. The third-order valence-corrected chi connectivity index (χ3v) is 3.37. The number of nitrogens with one attached hydrogen (secondary N) is 1. The molecule has 86 valence electrons. The van der Waals surface area contributed by atoms with Gasteiger partial charge in [0.25, 0.3) is 0 Å². The molecule has 1 aromatic heterocycles. The minimum Gasteiger partial charge on any atom is -0.395 e. The summed E-state index contributed by atoms with van der Waals surface area (Å²) in [6, 6.07) is 3.83. The molecule has 0 radical (unpaired) electrons. The molecule has 0 fully saturated rings. The summed E-state index contributed by atoms with van der Waals surface area (Å²) in [5.41, 5.74) is 0.147. The van der Waals surface area contributed by atoms with Gasteiger partial charge in [-0.15, -0.1) is 0 Å². The van der Waals surface area contributed by atoms with Crippen LogP contribution in [0, 0.1) is 11.3 Å². The smallest absolute Gasteiger partial charge is 0.242 e. The van der Waals surface area contributed by atoms with Gasteiger partial charge in [0.05, 0.1) is 6.61 Å². The fraction of sp³-hybridized carbons (Fsp3) is 0.333. The molecule has 0 amide bonds. The van der Waals surface area contributed by atoms with Crippen LogP contribution in [0.25, 0.3) is 0 Å². The molecule has 1 rings (SSSR count). The highest BCUT2D eigenvalue weighted by molar-refractivity contribution is 7.89. The van der Waals surface area contributed by atoms with Gasteiger partial charge in [0, 0.05) is 12.2 Å². The van der Waals surface area contributed by atoms with E-state index in [-0.39, 0.29) is 17.2 Å². The zero-order valence-corrected chi connectivity index (χ0v) is 9.40. The van der Waals surface area contributed by atoms with Crippen molar-refractivity contribution >= 4 is 10.0 Å². The lowest BCUT2D eigenvalue weighted by atomic mass is 10.4. The monoisotopic (exact) mass is 241 g/mol. The number of hydrogen-bond acceptors (Lipinski definition) is 5. The lowest BCUT2D eigenvalue weighted by Gasteiger charge is -2.10. The molecule has 1 aromatic rings. The lowest BCUT2D eigenvalue weighted by Crippen LogP contribution is -2.35. The maximum Gasteiger partial charge on any atom is 0.242 e. The quantitative estimate of drug-likeness (QED) is 0.747. The summed E-state index contributed by atoms with van der Waals surface area (Å²) >= 11 is 0. The summed E-state index contributed by atoms with van der Waals surface area (Å²) in [4.78, 5) is 3.62. The first-order valence-electron chi connectivity index (χ1n) is 4.49. The second kappa shape index (κ2) is 5.03. The number of aliphatic hydroxyl groups excluding tert-OH is 1. The fourth-order valence-corrected chi connectivity index (χ4v) is 2.15. The first-order chi connectivity index (χ1) is 7.49. The Bertz CT molecular complexity index is 490. The standard InChI is InChI=1S/C9H11N3O3S/c1-7(6-13)12-16(14,15)9-3-2-8(4-10)11-5-9/h2-3,5,7,12-13H,6H2,1H3. The summed E-state index contributed by atoms with van der Waals surface area (Å²) in [5.74, 6) is 0. The third kappa shape index (κ3) is 3.00. The van der Waals surface area contributed by atoms with E-state index in [2.05, 4.69) is 9.71 Å². The maximum absolute atomic E-state index is 11.7. The highest BCUT2D eigenvalue weighted by Crippen LogP contribution is 2.07. The van der Waals surface area contributed by atoms with E-state index in [9.17, 15) is 8.42 Å². The Morgan fingerprint density at radius 2 is 2.31 bits per heavy atom. The van der Waals surface area contributed by atoms with Crippen LogP contribution in [0.1, 0.15) is 12.6 Å². The van der Waals surface area contributed by atoms with Gasteiger partial charge in [-0.1, -0.05) is 0 Å². The molecule has 2 N–H and O–H groups in total. The number of hydrogen-bond donors (Lipinski definition) is 2. The Kier molecular flexibility index (Phi) is 3.95. The molecule has 0 aliphatic carbocycles. The number of pyridine rings is 1. The summed E-state index contributed by atoms with van der Waals surface area (Å²) in [5, 5.41) is 17.2.